The monoisotopic (exact) mass is 324 g/mol. The first kappa shape index (κ1) is 16.4. The van der Waals surface area contributed by atoms with Gasteiger partial charge in [-0.1, -0.05) is 6.92 Å². The minimum absolute atomic E-state index is 0.333. The van der Waals surface area contributed by atoms with Crippen molar-refractivity contribution in [2.24, 2.45) is 0 Å². The zero-order chi connectivity index (χ0) is 16.8. The summed E-state index contributed by atoms with van der Waals surface area (Å²) < 4.78 is 86.1. The summed E-state index contributed by atoms with van der Waals surface area (Å²) in [6, 6.07) is 0. The van der Waals surface area contributed by atoms with Crippen LogP contribution in [0.1, 0.15) is 12.5 Å². The van der Waals surface area contributed by atoms with E-state index in [2.05, 4.69) is 4.65 Å². The van der Waals surface area contributed by atoms with Crippen molar-refractivity contribution in [3.05, 3.63) is 40.5 Å². The molecule has 0 saturated carbocycles. The summed E-state index contributed by atoms with van der Waals surface area (Å²) in [5, 5.41) is 14.7. The van der Waals surface area contributed by atoms with Gasteiger partial charge in [-0.05, 0) is 6.42 Å². The van der Waals surface area contributed by atoms with Crippen molar-refractivity contribution in [1.82, 2.24) is 0 Å². The molecule has 0 atom stereocenters. The smallest absolute Gasteiger partial charge is 0.511 e. The van der Waals surface area contributed by atoms with Gasteiger partial charge in [0.25, 0.3) is 0 Å². The Kier molecular flexibility index (Phi) is 4.25. The topological polar surface area (TPSA) is 49.7 Å². The Morgan fingerprint density at radius 3 is 1.68 bits per heavy atom. The van der Waals surface area contributed by atoms with Crippen LogP contribution >= 0.6 is 0 Å². The molecule has 0 radical (unpaired) electrons. The van der Waals surface area contributed by atoms with E-state index in [-0.39, 0.29) is 6.42 Å². The molecule has 2 rings (SSSR count). The van der Waals surface area contributed by atoms with Gasteiger partial charge in [0.05, 0.1) is 10.8 Å². The first-order valence-electron chi connectivity index (χ1n) is 5.90. The first-order valence-corrected chi connectivity index (χ1v) is 5.90. The van der Waals surface area contributed by atoms with Gasteiger partial charge in [-0.25, -0.2) is 26.3 Å². The Hall–Kier alpha value is -1.94. The van der Waals surface area contributed by atoms with Gasteiger partial charge in [0.2, 0.25) is 0 Å². The van der Waals surface area contributed by atoms with Crippen LogP contribution in [0.4, 0.5) is 26.3 Å². The molecule has 0 heterocycles. The number of rotatable bonds is 3. The summed E-state index contributed by atoms with van der Waals surface area (Å²) in [7, 11) is -2.60. The van der Waals surface area contributed by atoms with Gasteiger partial charge in [0.15, 0.2) is 34.9 Å². The molecule has 10 heteroatoms. The number of benzene rings is 2. The van der Waals surface area contributed by atoms with Crippen LogP contribution in [0.5, 0.6) is 5.75 Å². The van der Waals surface area contributed by atoms with E-state index in [4.69, 9.17) is 10.0 Å². The highest BCUT2D eigenvalue weighted by Crippen LogP contribution is 2.40. The van der Waals surface area contributed by atoms with Crippen LogP contribution in [-0.4, -0.2) is 17.4 Å². The van der Waals surface area contributed by atoms with Gasteiger partial charge >= 0.3 is 7.32 Å². The Balaban J connectivity index is 3.11. The molecular weight excluding hydrogens is 317 g/mol. The van der Waals surface area contributed by atoms with Crippen LogP contribution in [0.2, 0.25) is 0 Å². The zero-order valence-corrected chi connectivity index (χ0v) is 10.9. The average molecular weight is 324 g/mol. The molecule has 22 heavy (non-hydrogen) atoms. The summed E-state index contributed by atoms with van der Waals surface area (Å²) >= 11 is 0. The highest BCUT2D eigenvalue weighted by molar-refractivity contribution is 6.34. The third-order valence-corrected chi connectivity index (χ3v) is 3.02. The molecule has 118 valence electrons. The second-order valence-electron chi connectivity index (χ2n) is 4.24. The Bertz CT molecular complexity index is 765. The van der Waals surface area contributed by atoms with Crippen LogP contribution in [-0.2, 0) is 6.42 Å². The number of hydrogen-bond donors (Lipinski definition) is 2. The lowest BCUT2D eigenvalue weighted by Gasteiger charge is -2.16. The first-order chi connectivity index (χ1) is 10.2. The normalized spacial score (nSPS) is 11.1. The van der Waals surface area contributed by atoms with Crippen molar-refractivity contribution in [2.45, 2.75) is 13.3 Å². The van der Waals surface area contributed by atoms with Crippen LogP contribution in [0.25, 0.3) is 10.8 Å². The SMILES string of the molecule is CCc1c(F)c(F)c2c(F)c(F)c(F)c(F)c2c1OB(O)O. The van der Waals surface area contributed by atoms with Crippen molar-refractivity contribution < 1.29 is 41.0 Å². The van der Waals surface area contributed by atoms with Crippen molar-refractivity contribution in [3.8, 4) is 5.75 Å². The van der Waals surface area contributed by atoms with E-state index in [1.54, 1.807) is 0 Å². The van der Waals surface area contributed by atoms with Crippen LogP contribution < -0.4 is 4.65 Å². The minimum Gasteiger partial charge on any atom is -0.511 e. The molecule has 0 fully saturated rings. The summed E-state index contributed by atoms with van der Waals surface area (Å²) in [4.78, 5) is 0. The van der Waals surface area contributed by atoms with E-state index in [9.17, 15) is 26.3 Å². The molecule has 0 aliphatic heterocycles. The number of halogens is 6. The highest BCUT2D eigenvalue weighted by Gasteiger charge is 2.31. The van der Waals surface area contributed by atoms with E-state index in [0.29, 0.717) is 0 Å². The van der Waals surface area contributed by atoms with E-state index in [1.807, 2.05) is 0 Å². The van der Waals surface area contributed by atoms with Crippen LogP contribution in [0.3, 0.4) is 0 Å². The lowest BCUT2D eigenvalue weighted by atomic mass is 9.99. The lowest BCUT2D eigenvalue weighted by Crippen LogP contribution is -2.22. The summed E-state index contributed by atoms with van der Waals surface area (Å²) in [6.45, 7) is 1.27. The fourth-order valence-electron chi connectivity index (χ4n) is 2.10. The fourth-order valence-corrected chi connectivity index (χ4v) is 2.10. The molecule has 0 spiro atoms. The van der Waals surface area contributed by atoms with Gasteiger partial charge in [0.1, 0.15) is 5.75 Å². The highest BCUT2D eigenvalue weighted by atomic mass is 19.2. The van der Waals surface area contributed by atoms with Gasteiger partial charge in [-0.2, -0.15) is 0 Å². The molecule has 2 aromatic carbocycles. The lowest BCUT2D eigenvalue weighted by molar-refractivity contribution is 0.286. The van der Waals surface area contributed by atoms with Gasteiger partial charge in [-0.3, -0.25) is 0 Å². The summed E-state index contributed by atoms with van der Waals surface area (Å²) in [6.07, 6.45) is -0.333. The Morgan fingerprint density at radius 2 is 1.23 bits per heavy atom. The van der Waals surface area contributed by atoms with Gasteiger partial charge in [0, 0.05) is 5.56 Å². The maximum Gasteiger partial charge on any atom is 0.707 e. The molecule has 0 aromatic heterocycles. The van der Waals surface area contributed by atoms with E-state index in [1.165, 1.54) is 6.92 Å². The van der Waals surface area contributed by atoms with E-state index < -0.39 is 64.3 Å². The standard InChI is InChI=1S/C12H7BF6O3/c1-2-3-6(14)7(15)4-5(12(3)22-13(20)21)9(17)11(19)10(18)8(4)16/h20-21H,2H2,1H3. The van der Waals surface area contributed by atoms with Crippen molar-refractivity contribution >= 4 is 18.1 Å². The summed E-state index contributed by atoms with van der Waals surface area (Å²) in [5.41, 5.74) is -0.692. The summed E-state index contributed by atoms with van der Waals surface area (Å²) in [5.74, 6) is -13.5. The van der Waals surface area contributed by atoms with Crippen molar-refractivity contribution in [2.75, 3.05) is 0 Å². The third kappa shape index (κ3) is 2.28. The second-order valence-corrected chi connectivity index (χ2v) is 4.24. The van der Waals surface area contributed by atoms with Crippen molar-refractivity contribution in [1.29, 1.82) is 0 Å². The predicted octanol–water partition coefficient (Wildman–Crippen LogP) is 2.59. The van der Waals surface area contributed by atoms with E-state index in [0.717, 1.165) is 0 Å². The molecule has 0 aliphatic rings. The van der Waals surface area contributed by atoms with Gasteiger partial charge < -0.3 is 14.7 Å². The Morgan fingerprint density at radius 1 is 0.773 bits per heavy atom. The van der Waals surface area contributed by atoms with Gasteiger partial charge in [-0.15, -0.1) is 0 Å². The molecule has 3 nitrogen and oxygen atoms in total. The van der Waals surface area contributed by atoms with E-state index >= 15 is 0 Å². The molecule has 0 unspecified atom stereocenters. The number of fused-ring (bicyclic) bond motifs is 1. The van der Waals surface area contributed by atoms with Crippen LogP contribution in [0.15, 0.2) is 0 Å². The third-order valence-electron chi connectivity index (χ3n) is 3.02. The average Bonchev–Trinajstić information content (AvgIpc) is 2.46. The predicted molar refractivity (Wildman–Crippen MR) is 63.9 cm³/mol. The molecule has 0 bridgehead atoms. The zero-order valence-electron chi connectivity index (χ0n) is 10.9. The molecule has 0 saturated heterocycles. The minimum atomic E-state index is -2.60. The fraction of sp³-hybridized carbons (Fsp3) is 0.167. The molecular formula is C12H7BF6O3. The maximum atomic E-state index is 13.9. The second kappa shape index (κ2) is 5.69. The molecule has 2 N–H and O–H groups in total. The van der Waals surface area contributed by atoms with Crippen molar-refractivity contribution in [3.63, 3.8) is 0 Å². The molecule has 0 amide bonds. The maximum absolute atomic E-state index is 13.9. The quantitative estimate of drug-likeness (QED) is 0.395. The molecule has 2 aromatic rings. The van der Waals surface area contributed by atoms with Crippen LogP contribution in [0, 0.1) is 34.9 Å². The Labute approximate surface area is 119 Å². The number of hydrogen-bond acceptors (Lipinski definition) is 3. The largest absolute Gasteiger partial charge is 0.707 e. The molecule has 0 aliphatic carbocycles.